The number of nitrogens with zero attached hydrogens (tertiary/aromatic N) is 5. The van der Waals surface area contributed by atoms with E-state index in [1.54, 1.807) is 34.1 Å². The van der Waals surface area contributed by atoms with Gasteiger partial charge in [0, 0.05) is 49.4 Å². The Kier molecular flexibility index (Phi) is 4.33. The van der Waals surface area contributed by atoms with Crippen LogP contribution in [0.4, 0.5) is 0 Å². The molecule has 7 nitrogen and oxygen atoms in total. The summed E-state index contributed by atoms with van der Waals surface area (Å²) in [7, 11) is 0. The molecule has 0 radical (unpaired) electrons. The molecule has 4 heterocycles. The molecule has 1 aliphatic heterocycles. The molecule has 3 aromatic rings. The van der Waals surface area contributed by atoms with Gasteiger partial charge < -0.3 is 9.64 Å². The molecule has 0 spiro atoms. The first-order valence-electron chi connectivity index (χ1n) is 8.01. The highest BCUT2D eigenvalue weighted by Gasteiger charge is 2.18. The van der Waals surface area contributed by atoms with Gasteiger partial charge in [0.1, 0.15) is 5.15 Å². The smallest absolute Gasteiger partial charge is 0.255 e. The number of ether oxygens (including phenoxy) is 1. The van der Waals surface area contributed by atoms with Gasteiger partial charge in [0.2, 0.25) is 0 Å². The highest BCUT2D eigenvalue weighted by molar-refractivity contribution is 6.29. The highest BCUT2D eigenvalue weighted by atomic mass is 35.5. The van der Waals surface area contributed by atoms with Gasteiger partial charge in [-0.1, -0.05) is 11.6 Å². The van der Waals surface area contributed by atoms with Crippen LogP contribution in [0, 0.1) is 0 Å². The van der Waals surface area contributed by atoms with Crippen molar-refractivity contribution >= 4 is 23.2 Å². The molecule has 0 bridgehead atoms. The van der Waals surface area contributed by atoms with Crippen molar-refractivity contribution in [1.82, 2.24) is 24.5 Å². The number of aromatic nitrogens is 4. The Balaban J connectivity index is 1.54. The zero-order valence-electron chi connectivity index (χ0n) is 13.4. The zero-order chi connectivity index (χ0) is 17.2. The number of amides is 1. The summed E-state index contributed by atoms with van der Waals surface area (Å²) in [4.78, 5) is 23.0. The van der Waals surface area contributed by atoms with E-state index in [9.17, 15) is 4.79 Å². The highest BCUT2D eigenvalue weighted by Crippen LogP contribution is 2.17. The summed E-state index contributed by atoms with van der Waals surface area (Å²) in [6.45, 7) is 2.41. The van der Waals surface area contributed by atoms with E-state index >= 15 is 0 Å². The monoisotopic (exact) mass is 357 g/mol. The van der Waals surface area contributed by atoms with Crippen LogP contribution < -0.4 is 0 Å². The van der Waals surface area contributed by atoms with E-state index in [-0.39, 0.29) is 5.91 Å². The fourth-order valence-corrected chi connectivity index (χ4v) is 3.09. The van der Waals surface area contributed by atoms with Crippen LogP contribution in [0.3, 0.4) is 0 Å². The van der Waals surface area contributed by atoms with Crippen molar-refractivity contribution in [2.24, 2.45) is 0 Å². The van der Waals surface area contributed by atoms with Gasteiger partial charge >= 0.3 is 0 Å². The van der Waals surface area contributed by atoms with Gasteiger partial charge in [0.25, 0.3) is 5.91 Å². The molecule has 1 aliphatic rings. The fourth-order valence-electron chi connectivity index (χ4n) is 2.88. The van der Waals surface area contributed by atoms with Gasteiger partial charge in [-0.05, 0) is 18.2 Å². The summed E-state index contributed by atoms with van der Waals surface area (Å²) in [6.07, 6.45) is 5.62. The topological polar surface area (TPSA) is 72.6 Å². The number of halogens is 1. The van der Waals surface area contributed by atoms with Gasteiger partial charge in [-0.2, -0.15) is 5.10 Å². The normalized spacial score (nSPS) is 14.8. The predicted octanol–water partition coefficient (Wildman–Crippen LogP) is 1.84. The van der Waals surface area contributed by atoms with Gasteiger partial charge in [-0.25, -0.2) is 9.50 Å². The van der Waals surface area contributed by atoms with E-state index in [1.165, 1.54) is 0 Å². The molecular weight excluding hydrogens is 342 g/mol. The minimum absolute atomic E-state index is 0.00930. The van der Waals surface area contributed by atoms with Crippen LogP contribution in [0.25, 0.3) is 5.65 Å². The van der Waals surface area contributed by atoms with Gasteiger partial charge in [-0.15, -0.1) is 0 Å². The number of hydrogen-bond acceptors (Lipinski definition) is 5. The lowest BCUT2D eigenvalue weighted by atomic mass is 10.1. The molecule has 3 aromatic heterocycles. The van der Waals surface area contributed by atoms with E-state index in [2.05, 4.69) is 15.1 Å². The summed E-state index contributed by atoms with van der Waals surface area (Å²) >= 11 is 6.06. The number of carbonyl (C=O) groups excluding carboxylic acids is 1. The second kappa shape index (κ2) is 6.78. The Morgan fingerprint density at radius 3 is 2.84 bits per heavy atom. The molecule has 1 saturated heterocycles. The van der Waals surface area contributed by atoms with Crippen LogP contribution >= 0.6 is 11.6 Å². The Labute approximate surface area is 149 Å². The summed E-state index contributed by atoms with van der Waals surface area (Å²) < 4.78 is 6.92. The van der Waals surface area contributed by atoms with E-state index in [0.717, 1.165) is 16.9 Å². The first-order chi connectivity index (χ1) is 12.2. The number of fused-ring (bicyclic) bond motifs is 1. The molecule has 8 heteroatoms. The van der Waals surface area contributed by atoms with Crippen molar-refractivity contribution in [3.8, 4) is 0 Å². The maximum atomic E-state index is 12.4. The summed E-state index contributed by atoms with van der Waals surface area (Å²) in [6, 6.07) is 5.46. The summed E-state index contributed by atoms with van der Waals surface area (Å²) in [5.41, 5.74) is 3.11. The first kappa shape index (κ1) is 16.0. The molecule has 1 amide bonds. The largest absolute Gasteiger partial charge is 0.378 e. The van der Waals surface area contributed by atoms with E-state index in [4.69, 9.17) is 16.3 Å². The molecule has 128 valence electrons. The van der Waals surface area contributed by atoms with Crippen LogP contribution in [-0.4, -0.2) is 56.7 Å². The minimum Gasteiger partial charge on any atom is -0.378 e. The van der Waals surface area contributed by atoms with Crippen molar-refractivity contribution in [1.29, 1.82) is 0 Å². The summed E-state index contributed by atoms with van der Waals surface area (Å²) in [5, 5.41) is 4.57. The van der Waals surface area contributed by atoms with Crippen LogP contribution in [0.1, 0.15) is 21.6 Å². The molecule has 0 atom stereocenters. The van der Waals surface area contributed by atoms with Gasteiger partial charge in [-0.3, -0.25) is 9.78 Å². The zero-order valence-corrected chi connectivity index (χ0v) is 14.2. The molecular formula is C17H16ClN5O2. The van der Waals surface area contributed by atoms with E-state index < -0.39 is 0 Å². The SMILES string of the molecule is O=C(c1ccc(Cc2cc(Cl)nn3ccnc23)nc1)N1CCOCC1. The van der Waals surface area contributed by atoms with Crippen molar-refractivity contribution in [3.05, 3.63) is 58.8 Å². The molecule has 0 aliphatic carbocycles. The Morgan fingerprint density at radius 1 is 1.24 bits per heavy atom. The average Bonchev–Trinajstić information content (AvgIpc) is 3.11. The Hall–Kier alpha value is -2.51. The number of rotatable bonds is 3. The third-order valence-electron chi connectivity index (χ3n) is 4.15. The Bertz CT molecular complexity index is 903. The molecule has 0 unspecified atom stereocenters. The number of imidazole rings is 1. The number of hydrogen-bond donors (Lipinski definition) is 0. The number of pyridine rings is 1. The standard InChI is InChI=1S/C17H16ClN5O2/c18-15-10-13(16-19-3-4-23(16)21-15)9-14-2-1-12(11-20-14)17(24)22-5-7-25-8-6-22/h1-4,10-11H,5-9H2. The van der Waals surface area contributed by atoms with Crippen LogP contribution in [0.5, 0.6) is 0 Å². The predicted molar refractivity (Wildman–Crippen MR) is 91.8 cm³/mol. The van der Waals surface area contributed by atoms with Crippen LogP contribution in [0.2, 0.25) is 5.15 Å². The minimum atomic E-state index is -0.00930. The lowest BCUT2D eigenvalue weighted by Crippen LogP contribution is -2.40. The van der Waals surface area contributed by atoms with Crippen molar-refractivity contribution in [2.75, 3.05) is 26.3 Å². The second-order valence-electron chi connectivity index (χ2n) is 5.81. The molecule has 1 fully saturated rings. The summed E-state index contributed by atoms with van der Waals surface area (Å²) in [5.74, 6) is -0.00930. The van der Waals surface area contributed by atoms with E-state index in [0.29, 0.717) is 43.4 Å². The third-order valence-corrected chi connectivity index (χ3v) is 4.33. The van der Waals surface area contributed by atoms with Gasteiger partial charge in [0.15, 0.2) is 5.65 Å². The third kappa shape index (κ3) is 3.33. The lowest BCUT2D eigenvalue weighted by molar-refractivity contribution is 0.0302. The molecule has 0 saturated carbocycles. The molecule has 25 heavy (non-hydrogen) atoms. The van der Waals surface area contributed by atoms with Crippen LogP contribution in [-0.2, 0) is 11.2 Å². The second-order valence-corrected chi connectivity index (χ2v) is 6.19. The lowest BCUT2D eigenvalue weighted by Gasteiger charge is -2.26. The van der Waals surface area contributed by atoms with Crippen molar-refractivity contribution < 1.29 is 9.53 Å². The van der Waals surface area contributed by atoms with Crippen molar-refractivity contribution in [2.45, 2.75) is 6.42 Å². The molecule has 4 rings (SSSR count). The van der Waals surface area contributed by atoms with Crippen LogP contribution in [0.15, 0.2) is 36.8 Å². The van der Waals surface area contributed by atoms with Gasteiger partial charge in [0.05, 0.1) is 18.8 Å². The molecule has 0 N–H and O–H groups in total. The number of morpholine rings is 1. The van der Waals surface area contributed by atoms with E-state index in [1.807, 2.05) is 12.1 Å². The number of carbonyl (C=O) groups is 1. The maximum absolute atomic E-state index is 12.4. The van der Waals surface area contributed by atoms with Crippen molar-refractivity contribution in [3.63, 3.8) is 0 Å². The average molecular weight is 358 g/mol. The quantitative estimate of drug-likeness (QED) is 0.715. The maximum Gasteiger partial charge on any atom is 0.255 e. The Morgan fingerprint density at radius 2 is 2.08 bits per heavy atom. The molecule has 0 aromatic carbocycles. The first-order valence-corrected chi connectivity index (χ1v) is 8.39. The fraction of sp³-hybridized carbons (Fsp3) is 0.294.